The van der Waals surface area contributed by atoms with Crippen molar-refractivity contribution < 1.29 is 5.11 Å². The number of nitrogens with one attached hydrogen (secondary N) is 1. The van der Waals surface area contributed by atoms with Gasteiger partial charge in [0.25, 0.3) is 0 Å². The molecule has 2 N–H and O–H groups in total. The van der Waals surface area contributed by atoms with Crippen LogP contribution in [-0.4, -0.2) is 17.3 Å². The Bertz CT molecular complexity index is 383. The molecule has 0 aliphatic rings. The van der Waals surface area contributed by atoms with Crippen LogP contribution in [0.5, 0.6) is 0 Å². The lowest BCUT2D eigenvalue weighted by Gasteiger charge is -2.28. The third kappa shape index (κ3) is 3.82. The van der Waals surface area contributed by atoms with Crippen molar-refractivity contribution in [3.05, 3.63) is 34.9 Å². The van der Waals surface area contributed by atoms with E-state index in [4.69, 9.17) is 0 Å². The van der Waals surface area contributed by atoms with E-state index in [2.05, 4.69) is 44.3 Å². The lowest BCUT2D eigenvalue weighted by Crippen LogP contribution is -2.40. The van der Waals surface area contributed by atoms with Crippen molar-refractivity contribution in [2.75, 3.05) is 6.54 Å². The zero-order valence-corrected chi connectivity index (χ0v) is 12.4. The molecule has 0 aromatic heterocycles. The predicted molar refractivity (Wildman–Crippen MR) is 77.9 cm³/mol. The van der Waals surface area contributed by atoms with Crippen LogP contribution in [0, 0.1) is 13.8 Å². The number of hydrogen-bond acceptors (Lipinski definition) is 2. The summed E-state index contributed by atoms with van der Waals surface area (Å²) in [4.78, 5) is 0. The minimum Gasteiger partial charge on any atom is -0.389 e. The Kier molecular flexibility index (Phi) is 5.36. The molecule has 2 nitrogen and oxygen atoms in total. The van der Waals surface area contributed by atoms with E-state index in [1.54, 1.807) is 0 Å². The summed E-state index contributed by atoms with van der Waals surface area (Å²) in [6.45, 7) is 11.1. The van der Waals surface area contributed by atoms with Gasteiger partial charge in [-0.1, -0.05) is 37.6 Å². The highest BCUT2D eigenvalue weighted by Crippen LogP contribution is 2.20. The number of rotatable bonds is 6. The molecule has 1 rings (SSSR count). The van der Waals surface area contributed by atoms with Crippen molar-refractivity contribution in [3.8, 4) is 0 Å². The number of aliphatic hydroxyl groups is 1. The highest BCUT2D eigenvalue weighted by atomic mass is 16.3. The van der Waals surface area contributed by atoms with Crippen molar-refractivity contribution >= 4 is 0 Å². The largest absolute Gasteiger partial charge is 0.389 e. The second-order valence-electron chi connectivity index (χ2n) is 5.39. The van der Waals surface area contributed by atoms with E-state index in [0.29, 0.717) is 6.54 Å². The molecule has 2 heteroatoms. The fraction of sp³-hybridized carbons (Fsp3) is 0.625. The molecule has 0 aliphatic carbocycles. The summed E-state index contributed by atoms with van der Waals surface area (Å²) in [5.41, 5.74) is 3.33. The van der Waals surface area contributed by atoms with Crippen LogP contribution < -0.4 is 5.32 Å². The predicted octanol–water partition coefficient (Wildman–Crippen LogP) is 3.51. The zero-order chi connectivity index (χ0) is 13.8. The first kappa shape index (κ1) is 15.2. The van der Waals surface area contributed by atoms with Crippen molar-refractivity contribution in [2.45, 2.75) is 59.1 Å². The lowest BCUT2D eigenvalue weighted by molar-refractivity contribution is 0.0303. The van der Waals surface area contributed by atoms with Gasteiger partial charge in [-0.15, -0.1) is 0 Å². The Hall–Kier alpha value is -0.860. The van der Waals surface area contributed by atoms with Crippen molar-refractivity contribution in [1.82, 2.24) is 5.32 Å². The fourth-order valence-electron chi connectivity index (χ4n) is 2.18. The topological polar surface area (TPSA) is 32.3 Å². The maximum absolute atomic E-state index is 10.3. The summed E-state index contributed by atoms with van der Waals surface area (Å²) in [7, 11) is 0. The maximum atomic E-state index is 10.3. The van der Waals surface area contributed by atoms with E-state index in [1.807, 2.05) is 13.8 Å². The molecule has 0 aliphatic heterocycles. The quantitative estimate of drug-likeness (QED) is 0.808. The molecule has 0 amide bonds. The van der Waals surface area contributed by atoms with Crippen LogP contribution >= 0.6 is 0 Å². The summed E-state index contributed by atoms with van der Waals surface area (Å²) < 4.78 is 0. The average molecular weight is 249 g/mol. The monoisotopic (exact) mass is 249 g/mol. The molecule has 0 saturated heterocycles. The molecule has 1 unspecified atom stereocenters. The van der Waals surface area contributed by atoms with Crippen LogP contribution in [0.25, 0.3) is 0 Å². The first-order valence-electron chi connectivity index (χ1n) is 6.94. The van der Waals surface area contributed by atoms with E-state index in [1.165, 1.54) is 16.7 Å². The molecule has 0 spiro atoms. The molecule has 18 heavy (non-hydrogen) atoms. The molecular formula is C16H27NO. The van der Waals surface area contributed by atoms with Gasteiger partial charge in [-0.25, -0.2) is 0 Å². The van der Waals surface area contributed by atoms with Gasteiger partial charge in [0.05, 0.1) is 5.60 Å². The van der Waals surface area contributed by atoms with Gasteiger partial charge in [0, 0.05) is 12.6 Å². The van der Waals surface area contributed by atoms with Gasteiger partial charge in [-0.2, -0.15) is 0 Å². The van der Waals surface area contributed by atoms with Gasteiger partial charge >= 0.3 is 0 Å². The third-order valence-corrected chi connectivity index (χ3v) is 3.95. The highest BCUT2D eigenvalue weighted by Gasteiger charge is 2.22. The van der Waals surface area contributed by atoms with Gasteiger partial charge in [0.1, 0.15) is 0 Å². The lowest BCUT2D eigenvalue weighted by atomic mass is 9.95. The van der Waals surface area contributed by atoms with Crippen LogP contribution in [0.2, 0.25) is 0 Å². The normalized spacial score (nSPS) is 13.7. The first-order valence-corrected chi connectivity index (χ1v) is 6.94. The van der Waals surface area contributed by atoms with E-state index < -0.39 is 5.60 Å². The zero-order valence-electron chi connectivity index (χ0n) is 12.4. The fourth-order valence-corrected chi connectivity index (χ4v) is 2.18. The van der Waals surface area contributed by atoms with Crippen molar-refractivity contribution in [1.29, 1.82) is 0 Å². The number of hydrogen-bond donors (Lipinski definition) is 2. The van der Waals surface area contributed by atoms with E-state index in [-0.39, 0.29) is 6.04 Å². The number of benzene rings is 1. The molecule has 1 aromatic rings. The molecule has 0 heterocycles. The summed E-state index contributed by atoms with van der Waals surface area (Å²) in [5, 5.41) is 13.7. The molecule has 0 saturated carbocycles. The molecule has 102 valence electrons. The summed E-state index contributed by atoms with van der Waals surface area (Å²) in [6.07, 6.45) is 1.58. The van der Waals surface area contributed by atoms with Crippen LogP contribution in [0.15, 0.2) is 18.2 Å². The summed E-state index contributed by atoms with van der Waals surface area (Å²) >= 11 is 0. The van der Waals surface area contributed by atoms with Crippen molar-refractivity contribution in [3.63, 3.8) is 0 Å². The Morgan fingerprint density at radius 1 is 1.22 bits per heavy atom. The Balaban J connectivity index is 2.71. The summed E-state index contributed by atoms with van der Waals surface area (Å²) in [5.74, 6) is 0. The van der Waals surface area contributed by atoms with Gasteiger partial charge < -0.3 is 10.4 Å². The Morgan fingerprint density at radius 2 is 1.83 bits per heavy atom. The maximum Gasteiger partial charge on any atom is 0.0766 e. The van der Waals surface area contributed by atoms with Gasteiger partial charge in [0.2, 0.25) is 0 Å². The molecule has 0 bridgehead atoms. The Labute approximate surface area is 111 Å². The highest BCUT2D eigenvalue weighted by molar-refractivity contribution is 5.32. The van der Waals surface area contributed by atoms with Gasteiger partial charge in [-0.3, -0.25) is 0 Å². The second kappa shape index (κ2) is 6.35. The van der Waals surface area contributed by atoms with Crippen LogP contribution in [-0.2, 0) is 0 Å². The SMILES string of the molecule is CCC(O)(CC)CNC(C)c1cc(C)ccc1C. The molecule has 0 fully saturated rings. The Morgan fingerprint density at radius 3 is 2.39 bits per heavy atom. The standard InChI is InChI=1S/C16H27NO/c1-6-16(18,7-2)11-17-14(5)15-10-12(3)8-9-13(15)4/h8-10,14,17-18H,6-7,11H2,1-5H3. The minimum absolute atomic E-state index is 0.273. The van der Waals surface area contributed by atoms with Crippen molar-refractivity contribution in [2.24, 2.45) is 0 Å². The molecule has 1 atom stereocenters. The molecule has 1 aromatic carbocycles. The van der Waals surface area contributed by atoms with Gasteiger partial charge in [-0.05, 0) is 44.7 Å². The van der Waals surface area contributed by atoms with Crippen LogP contribution in [0.4, 0.5) is 0 Å². The summed E-state index contributed by atoms with van der Waals surface area (Å²) in [6, 6.07) is 6.80. The van der Waals surface area contributed by atoms with Gasteiger partial charge in [0.15, 0.2) is 0 Å². The number of aryl methyl sites for hydroxylation is 2. The van der Waals surface area contributed by atoms with E-state index >= 15 is 0 Å². The van der Waals surface area contributed by atoms with Crippen LogP contribution in [0.1, 0.15) is 56.3 Å². The van der Waals surface area contributed by atoms with Crippen LogP contribution in [0.3, 0.4) is 0 Å². The molecule has 0 radical (unpaired) electrons. The van der Waals surface area contributed by atoms with E-state index in [9.17, 15) is 5.11 Å². The first-order chi connectivity index (χ1) is 8.41. The average Bonchev–Trinajstić information content (AvgIpc) is 2.38. The van der Waals surface area contributed by atoms with E-state index in [0.717, 1.165) is 12.8 Å². The third-order valence-electron chi connectivity index (χ3n) is 3.95. The minimum atomic E-state index is -0.577. The smallest absolute Gasteiger partial charge is 0.0766 e. The second-order valence-corrected chi connectivity index (χ2v) is 5.39. The molecular weight excluding hydrogens is 222 g/mol.